The van der Waals surface area contributed by atoms with Crippen molar-refractivity contribution in [2.75, 3.05) is 24.3 Å². The van der Waals surface area contributed by atoms with Crippen LogP contribution in [0.5, 0.6) is 0 Å². The lowest BCUT2D eigenvalue weighted by molar-refractivity contribution is -0.132. The van der Waals surface area contributed by atoms with Crippen LogP contribution >= 0.6 is 0 Å². The largest absolute Gasteiger partial charge is 0.478 e. The van der Waals surface area contributed by atoms with E-state index in [1.807, 2.05) is 49.3 Å². The van der Waals surface area contributed by atoms with Crippen molar-refractivity contribution in [2.45, 2.75) is 51.9 Å². The molecule has 0 aromatic heterocycles. The van der Waals surface area contributed by atoms with E-state index in [9.17, 15) is 9.90 Å². The third-order valence-electron chi connectivity index (χ3n) is 5.85. The van der Waals surface area contributed by atoms with Gasteiger partial charge in [0.25, 0.3) is 0 Å². The second kappa shape index (κ2) is 9.42. The minimum Gasteiger partial charge on any atom is -0.478 e. The lowest BCUT2D eigenvalue weighted by Gasteiger charge is -2.21. The molecule has 2 aromatic rings. The van der Waals surface area contributed by atoms with Gasteiger partial charge < -0.3 is 15.3 Å². The Morgan fingerprint density at radius 1 is 0.968 bits per heavy atom. The Morgan fingerprint density at radius 2 is 1.61 bits per heavy atom. The fourth-order valence-corrected chi connectivity index (χ4v) is 3.79. The summed E-state index contributed by atoms with van der Waals surface area (Å²) < 4.78 is 0. The molecule has 1 aliphatic rings. The highest BCUT2D eigenvalue weighted by molar-refractivity contribution is 5.89. The van der Waals surface area contributed by atoms with Crippen molar-refractivity contribution in [3.05, 3.63) is 82.6 Å². The monoisotopic (exact) mass is 418 g/mol. The molecule has 0 aliphatic heterocycles. The quantitative estimate of drug-likeness (QED) is 0.566. The molecule has 0 bridgehead atoms. The maximum Gasteiger partial charge on any atom is 0.333 e. The minimum atomic E-state index is -0.847. The van der Waals surface area contributed by atoms with Crippen LogP contribution in [0.2, 0.25) is 0 Å². The molecule has 0 radical (unpaired) electrons. The van der Waals surface area contributed by atoms with Crippen molar-refractivity contribution in [2.24, 2.45) is 0 Å². The van der Waals surface area contributed by atoms with E-state index in [4.69, 9.17) is 0 Å². The average Bonchev–Trinajstić information content (AvgIpc) is 2.72. The van der Waals surface area contributed by atoms with E-state index in [1.54, 1.807) is 0 Å². The molecule has 4 nitrogen and oxygen atoms in total. The van der Waals surface area contributed by atoms with Crippen molar-refractivity contribution >= 4 is 17.3 Å². The van der Waals surface area contributed by atoms with E-state index in [-0.39, 0.29) is 5.41 Å². The number of carboxylic acid groups (broad SMARTS) is 1. The highest BCUT2D eigenvalue weighted by atomic mass is 16.4. The smallest absolute Gasteiger partial charge is 0.333 e. The molecular weight excluding hydrogens is 384 g/mol. The van der Waals surface area contributed by atoms with Gasteiger partial charge in [-0.2, -0.15) is 0 Å². The number of nitrogens with one attached hydrogen (secondary N) is 1. The maximum absolute atomic E-state index is 11.8. The maximum atomic E-state index is 11.8. The normalized spacial score (nSPS) is 14.3. The summed E-state index contributed by atoms with van der Waals surface area (Å²) in [6.07, 6.45) is 5.29. The van der Waals surface area contributed by atoms with Gasteiger partial charge in [0.15, 0.2) is 0 Å². The molecule has 164 valence electrons. The van der Waals surface area contributed by atoms with Crippen LogP contribution in [0, 0.1) is 0 Å². The number of aliphatic carboxylic acids is 1. The van der Waals surface area contributed by atoms with Crippen LogP contribution in [0.3, 0.4) is 0 Å². The van der Waals surface area contributed by atoms with Crippen LogP contribution in [0.1, 0.15) is 51.2 Å². The lowest BCUT2D eigenvalue weighted by atomic mass is 9.86. The van der Waals surface area contributed by atoms with Gasteiger partial charge in [0.2, 0.25) is 0 Å². The van der Waals surface area contributed by atoms with Crippen molar-refractivity contribution in [3.63, 3.8) is 0 Å². The number of benzene rings is 2. The fourth-order valence-electron chi connectivity index (χ4n) is 3.79. The molecule has 2 aromatic carbocycles. The van der Waals surface area contributed by atoms with Gasteiger partial charge in [0.1, 0.15) is 0 Å². The highest BCUT2D eigenvalue weighted by Gasteiger charge is 2.19. The van der Waals surface area contributed by atoms with Crippen LogP contribution in [-0.2, 0) is 16.6 Å². The second-order valence-corrected chi connectivity index (χ2v) is 9.51. The number of anilines is 2. The van der Waals surface area contributed by atoms with E-state index in [0.29, 0.717) is 17.7 Å². The Hall–Kier alpha value is -3.01. The predicted octanol–water partition coefficient (Wildman–Crippen LogP) is 6.15. The van der Waals surface area contributed by atoms with Gasteiger partial charge in [0.05, 0.1) is 5.57 Å². The molecule has 0 saturated carbocycles. The number of rotatable bonds is 7. The Morgan fingerprint density at radius 3 is 2.16 bits per heavy atom. The molecule has 0 atom stereocenters. The summed E-state index contributed by atoms with van der Waals surface area (Å²) in [5.74, 6) is -0.847. The first-order valence-electron chi connectivity index (χ1n) is 10.9. The van der Waals surface area contributed by atoms with E-state index in [0.717, 1.165) is 30.6 Å². The van der Waals surface area contributed by atoms with Gasteiger partial charge in [-0.05, 0) is 72.6 Å². The van der Waals surface area contributed by atoms with Crippen LogP contribution in [0.15, 0.2) is 71.5 Å². The fraction of sp³-hybridized carbons (Fsp3) is 0.370. The number of nitrogens with zero attached hydrogens (tertiary/aromatic N) is 1. The van der Waals surface area contributed by atoms with E-state index in [2.05, 4.69) is 50.4 Å². The standard InChI is InChI=1S/C27H34N2O2/c1-27(2,3)21-11-8-19(9-12-21)6-7-20-10-17-24(26(30)31)25(18-20)28-22-13-15-23(16-14-22)29(4)5/h8-9,11-16,18,28H,6-7,10,17H2,1-5H3,(H,30,31). The number of allylic oxidation sites excluding steroid dienone is 2. The SMILES string of the molecule is CN(C)c1ccc(NC2=C(C(=O)O)CCC(CCc3ccc(C(C)(C)C)cc3)=C2)cc1. The predicted molar refractivity (Wildman–Crippen MR) is 130 cm³/mol. The first kappa shape index (κ1) is 22.7. The summed E-state index contributed by atoms with van der Waals surface area (Å²) >= 11 is 0. The van der Waals surface area contributed by atoms with Crippen LogP contribution in [0.25, 0.3) is 0 Å². The van der Waals surface area contributed by atoms with Crippen LogP contribution < -0.4 is 10.2 Å². The van der Waals surface area contributed by atoms with Gasteiger partial charge in [-0.25, -0.2) is 4.79 Å². The molecule has 1 aliphatic carbocycles. The highest BCUT2D eigenvalue weighted by Crippen LogP contribution is 2.29. The van der Waals surface area contributed by atoms with Crippen LogP contribution in [-0.4, -0.2) is 25.2 Å². The number of hydrogen-bond donors (Lipinski definition) is 2. The van der Waals surface area contributed by atoms with Crippen molar-refractivity contribution in [1.82, 2.24) is 0 Å². The molecule has 0 amide bonds. The molecule has 0 spiro atoms. The zero-order valence-corrected chi connectivity index (χ0v) is 19.3. The van der Waals surface area contributed by atoms with E-state index >= 15 is 0 Å². The van der Waals surface area contributed by atoms with Gasteiger partial charge in [-0.15, -0.1) is 0 Å². The molecular formula is C27H34N2O2. The first-order chi connectivity index (χ1) is 14.6. The van der Waals surface area contributed by atoms with Gasteiger partial charge >= 0.3 is 5.97 Å². The summed E-state index contributed by atoms with van der Waals surface area (Å²) in [6.45, 7) is 6.68. The van der Waals surface area contributed by atoms with Gasteiger partial charge in [0, 0.05) is 31.2 Å². The first-order valence-corrected chi connectivity index (χ1v) is 10.9. The van der Waals surface area contributed by atoms with Crippen molar-refractivity contribution < 1.29 is 9.90 Å². The van der Waals surface area contributed by atoms with Crippen molar-refractivity contribution in [3.8, 4) is 0 Å². The number of hydrogen-bond acceptors (Lipinski definition) is 3. The number of carboxylic acids is 1. The van der Waals surface area contributed by atoms with E-state index < -0.39 is 5.97 Å². The third-order valence-corrected chi connectivity index (χ3v) is 5.85. The Labute approximate surface area is 186 Å². The Bertz CT molecular complexity index is 975. The van der Waals surface area contributed by atoms with Gasteiger partial charge in [-0.1, -0.05) is 50.6 Å². The molecule has 0 saturated heterocycles. The zero-order chi connectivity index (χ0) is 22.6. The number of carbonyl (C=O) groups is 1. The van der Waals surface area contributed by atoms with Crippen LogP contribution in [0.4, 0.5) is 11.4 Å². The number of aryl methyl sites for hydroxylation is 1. The molecule has 2 N–H and O–H groups in total. The van der Waals surface area contributed by atoms with E-state index in [1.165, 1.54) is 16.7 Å². The molecule has 3 rings (SSSR count). The topological polar surface area (TPSA) is 52.6 Å². The Balaban J connectivity index is 1.72. The van der Waals surface area contributed by atoms with Crippen molar-refractivity contribution in [1.29, 1.82) is 0 Å². The minimum absolute atomic E-state index is 0.160. The van der Waals surface area contributed by atoms with Gasteiger partial charge in [-0.3, -0.25) is 0 Å². The second-order valence-electron chi connectivity index (χ2n) is 9.51. The molecule has 4 heteroatoms. The average molecular weight is 419 g/mol. The molecule has 0 fully saturated rings. The summed E-state index contributed by atoms with van der Waals surface area (Å²) in [4.78, 5) is 13.8. The molecule has 0 heterocycles. The Kier molecular flexibility index (Phi) is 6.89. The summed E-state index contributed by atoms with van der Waals surface area (Å²) in [6, 6.07) is 16.9. The molecule has 0 unspecified atom stereocenters. The summed E-state index contributed by atoms with van der Waals surface area (Å²) in [5, 5.41) is 13.0. The summed E-state index contributed by atoms with van der Waals surface area (Å²) in [7, 11) is 4.00. The summed E-state index contributed by atoms with van der Waals surface area (Å²) in [5.41, 5.74) is 7.27. The third kappa shape index (κ3) is 6.00. The molecule has 31 heavy (non-hydrogen) atoms. The zero-order valence-electron chi connectivity index (χ0n) is 19.3. The lowest BCUT2D eigenvalue weighted by Crippen LogP contribution is -2.14.